The average molecular weight is 383 g/mol. The van der Waals surface area contributed by atoms with E-state index >= 15 is 0 Å². The number of likely N-dealkylation sites (tertiary alicyclic amines) is 1. The van der Waals surface area contributed by atoms with E-state index in [1.165, 1.54) is 0 Å². The molecule has 1 aromatic rings. The summed E-state index contributed by atoms with van der Waals surface area (Å²) in [6.45, 7) is 4.37. The van der Waals surface area contributed by atoms with E-state index in [1.807, 2.05) is 24.0 Å². The largest absolute Gasteiger partial charge is 0.478 e. The number of carboxylic acid groups (broad SMARTS) is 1. The molecule has 28 heavy (non-hydrogen) atoms. The second-order valence-electron chi connectivity index (χ2n) is 7.29. The van der Waals surface area contributed by atoms with Crippen LogP contribution in [0.15, 0.2) is 36.4 Å². The second-order valence-corrected chi connectivity index (χ2v) is 7.29. The molecule has 0 aliphatic carbocycles. The van der Waals surface area contributed by atoms with Gasteiger partial charge in [-0.2, -0.15) is 0 Å². The van der Waals surface area contributed by atoms with E-state index in [9.17, 15) is 14.7 Å². The molecule has 5 heteroatoms. The minimum absolute atomic E-state index is 0.0111. The lowest BCUT2D eigenvalue weighted by atomic mass is 10.00. The van der Waals surface area contributed by atoms with E-state index in [-0.39, 0.29) is 23.4 Å². The highest BCUT2D eigenvalue weighted by molar-refractivity contribution is 5.87. The van der Waals surface area contributed by atoms with Crippen molar-refractivity contribution in [1.82, 2.24) is 4.90 Å². The average Bonchev–Trinajstić information content (AvgIpc) is 3.04. The highest BCUT2D eigenvalue weighted by Crippen LogP contribution is 2.21. The van der Waals surface area contributed by atoms with Crippen LogP contribution in [0.5, 0.6) is 0 Å². The lowest BCUT2D eigenvalue weighted by Crippen LogP contribution is -2.33. The predicted octanol–water partition coefficient (Wildman–Crippen LogP) is 3.28. The first-order valence-electron chi connectivity index (χ1n) is 9.80. The van der Waals surface area contributed by atoms with E-state index < -0.39 is 12.1 Å². The number of hydrogen-bond acceptors (Lipinski definition) is 3. The van der Waals surface area contributed by atoms with Crippen LogP contribution < -0.4 is 0 Å². The second kappa shape index (κ2) is 10.7. The van der Waals surface area contributed by atoms with Gasteiger partial charge in [0.25, 0.3) is 0 Å². The summed E-state index contributed by atoms with van der Waals surface area (Å²) < 4.78 is 0. The third-order valence-electron chi connectivity index (χ3n) is 5.13. The number of benzene rings is 1. The third kappa shape index (κ3) is 6.24. The van der Waals surface area contributed by atoms with E-state index in [0.29, 0.717) is 19.4 Å². The molecule has 2 N–H and O–H groups in total. The molecule has 1 heterocycles. The Labute approximate surface area is 167 Å². The number of rotatable bonds is 9. The Morgan fingerprint density at radius 1 is 1.43 bits per heavy atom. The molecule has 0 spiro atoms. The summed E-state index contributed by atoms with van der Waals surface area (Å²) in [6.07, 6.45) is 6.57. The Balaban J connectivity index is 1.89. The van der Waals surface area contributed by atoms with Crippen molar-refractivity contribution in [3.05, 3.63) is 47.5 Å². The van der Waals surface area contributed by atoms with Crippen LogP contribution in [0.2, 0.25) is 0 Å². The molecule has 0 aromatic heterocycles. The van der Waals surface area contributed by atoms with Gasteiger partial charge in [-0.25, -0.2) is 4.79 Å². The van der Waals surface area contributed by atoms with Gasteiger partial charge in [0.2, 0.25) is 5.91 Å². The van der Waals surface area contributed by atoms with Crippen molar-refractivity contribution < 1.29 is 19.8 Å². The van der Waals surface area contributed by atoms with Crippen LogP contribution in [0.3, 0.4) is 0 Å². The molecular formula is C23H29NO4. The van der Waals surface area contributed by atoms with Crippen molar-refractivity contribution in [2.75, 3.05) is 6.54 Å². The minimum atomic E-state index is -0.931. The number of aryl methyl sites for hydroxylation is 1. The van der Waals surface area contributed by atoms with Gasteiger partial charge in [-0.15, -0.1) is 11.8 Å². The fourth-order valence-electron chi connectivity index (χ4n) is 3.38. The smallest absolute Gasteiger partial charge is 0.335 e. The SMILES string of the molecule is CC#CC[C@H](C)[C@H](O)/C=C/[C@H]1CCC(=O)N1CCCc1cccc(C(=O)O)c1. The molecule has 5 nitrogen and oxygen atoms in total. The predicted molar refractivity (Wildman–Crippen MR) is 109 cm³/mol. The summed E-state index contributed by atoms with van der Waals surface area (Å²) in [5.41, 5.74) is 1.24. The first-order valence-corrected chi connectivity index (χ1v) is 9.80. The van der Waals surface area contributed by atoms with Crippen LogP contribution >= 0.6 is 0 Å². The van der Waals surface area contributed by atoms with E-state index in [0.717, 1.165) is 24.8 Å². The third-order valence-corrected chi connectivity index (χ3v) is 5.13. The fraction of sp³-hybridized carbons (Fsp3) is 0.478. The van der Waals surface area contributed by atoms with Gasteiger partial charge in [-0.1, -0.05) is 31.2 Å². The minimum Gasteiger partial charge on any atom is -0.478 e. The van der Waals surface area contributed by atoms with Crippen LogP contribution in [0.4, 0.5) is 0 Å². The first-order chi connectivity index (χ1) is 13.4. The van der Waals surface area contributed by atoms with Gasteiger partial charge in [0.05, 0.1) is 17.7 Å². The van der Waals surface area contributed by atoms with Crippen LogP contribution in [0.1, 0.15) is 55.5 Å². The molecule has 0 radical (unpaired) electrons. The van der Waals surface area contributed by atoms with Gasteiger partial charge in [0.15, 0.2) is 0 Å². The summed E-state index contributed by atoms with van der Waals surface area (Å²) in [4.78, 5) is 25.2. The van der Waals surface area contributed by atoms with Gasteiger partial charge in [0.1, 0.15) is 0 Å². The maximum atomic E-state index is 12.2. The van der Waals surface area contributed by atoms with Crippen LogP contribution in [-0.4, -0.2) is 45.7 Å². The summed E-state index contributed by atoms with van der Waals surface area (Å²) in [5.74, 6) is 5.07. The Morgan fingerprint density at radius 3 is 2.93 bits per heavy atom. The Morgan fingerprint density at radius 2 is 2.21 bits per heavy atom. The number of nitrogens with zero attached hydrogens (tertiary/aromatic N) is 1. The summed E-state index contributed by atoms with van der Waals surface area (Å²) in [6, 6.07) is 6.93. The quantitative estimate of drug-likeness (QED) is 0.507. The van der Waals surface area contributed by atoms with Crippen molar-refractivity contribution in [3.63, 3.8) is 0 Å². The molecule has 2 rings (SSSR count). The molecular weight excluding hydrogens is 354 g/mol. The zero-order valence-corrected chi connectivity index (χ0v) is 16.6. The van der Waals surface area contributed by atoms with Gasteiger partial charge < -0.3 is 15.1 Å². The topological polar surface area (TPSA) is 77.8 Å². The number of hydrogen-bond donors (Lipinski definition) is 2. The molecule has 150 valence electrons. The molecule has 3 atom stereocenters. The van der Waals surface area contributed by atoms with Crippen molar-refractivity contribution in [2.45, 2.75) is 58.1 Å². The maximum Gasteiger partial charge on any atom is 0.335 e. The number of aliphatic hydroxyl groups excluding tert-OH is 1. The van der Waals surface area contributed by atoms with Gasteiger partial charge in [-0.3, -0.25) is 4.79 Å². The summed E-state index contributed by atoms with van der Waals surface area (Å²) in [7, 11) is 0. The Kier molecular flexibility index (Phi) is 8.28. The van der Waals surface area contributed by atoms with Gasteiger partial charge in [-0.05, 0) is 49.8 Å². The van der Waals surface area contributed by atoms with Crippen LogP contribution in [0, 0.1) is 17.8 Å². The highest BCUT2D eigenvalue weighted by atomic mass is 16.4. The zero-order valence-electron chi connectivity index (χ0n) is 16.6. The molecule has 0 saturated carbocycles. The number of carbonyl (C=O) groups is 2. The fourth-order valence-corrected chi connectivity index (χ4v) is 3.38. The number of amides is 1. The van der Waals surface area contributed by atoms with Crippen LogP contribution in [0.25, 0.3) is 0 Å². The van der Waals surface area contributed by atoms with E-state index in [1.54, 1.807) is 31.2 Å². The normalized spacial score (nSPS) is 18.8. The van der Waals surface area contributed by atoms with Crippen molar-refractivity contribution >= 4 is 11.9 Å². The zero-order chi connectivity index (χ0) is 20.5. The summed E-state index contributed by atoms with van der Waals surface area (Å²) in [5, 5.41) is 19.3. The van der Waals surface area contributed by atoms with E-state index in [4.69, 9.17) is 5.11 Å². The first kappa shape index (κ1) is 21.7. The highest BCUT2D eigenvalue weighted by Gasteiger charge is 2.28. The molecule has 1 aromatic carbocycles. The molecule has 1 saturated heterocycles. The van der Waals surface area contributed by atoms with Crippen molar-refractivity contribution in [1.29, 1.82) is 0 Å². The van der Waals surface area contributed by atoms with Crippen molar-refractivity contribution in [3.8, 4) is 11.8 Å². The van der Waals surface area contributed by atoms with E-state index in [2.05, 4.69) is 11.8 Å². The number of aliphatic hydroxyl groups is 1. The standard InChI is InChI=1S/C23H29NO4/c1-3-4-7-17(2)21(25)13-11-20-12-14-22(26)24(20)15-6-9-18-8-5-10-19(16-18)23(27)28/h5,8,10-11,13,16-17,20-21,25H,6-7,9,12,14-15H2,1-2H3,(H,27,28)/b13-11+/t17-,20-,21+/m0/s1. The number of carbonyl (C=O) groups excluding carboxylic acids is 1. The summed E-state index contributed by atoms with van der Waals surface area (Å²) >= 11 is 0. The molecule has 1 fully saturated rings. The van der Waals surface area contributed by atoms with Crippen molar-refractivity contribution in [2.24, 2.45) is 5.92 Å². The Hall–Kier alpha value is -2.58. The maximum absolute atomic E-state index is 12.2. The molecule has 1 aliphatic rings. The van der Waals surface area contributed by atoms with Gasteiger partial charge >= 0.3 is 5.97 Å². The lowest BCUT2D eigenvalue weighted by Gasteiger charge is -2.23. The molecule has 1 aliphatic heterocycles. The lowest BCUT2D eigenvalue weighted by molar-refractivity contribution is -0.128. The molecule has 1 amide bonds. The van der Waals surface area contributed by atoms with Crippen LogP contribution in [-0.2, 0) is 11.2 Å². The number of aromatic carboxylic acids is 1. The molecule has 0 bridgehead atoms. The van der Waals surface area contributed by atoms with Gasteiger partial charge in [0, 0.05) is 19.4 Å². The monoisotopic (exact) mass is 383 g/mol. The Bertz CT molecular complexity index is 774. The molecule has 0 unspecified atom stereocenters. The number of carboxylic acids is 1.